The molecule has 1 atom stereocenters. The van der Waals surface area contributed by atoms with Crippen molar-refractivity contribution in [2.45, 2.75) is 25.5 Å². The van der Waals surface area contributed by atoms with Gasteiger partial charge in [0, 0.05) is 5.54 Å². The molecule has 0 spiro atoms. The maximum atomic E-state index is 10.2. The first kappa shape index (κ1) is 8.39. The van der Waals surface area contributed by atoms with Gasteiger partial charge in [-0.15, -0.1) is 0 Å². The van der Waals surface area contributed by atoms with Crippen molar-refractivity contribution < 1.29 is 9.90 Å². The molecule has 0 heterocycles. The van der Waals surface area contributed by atoms with Gasteiger partial charge >= 0.3 is 0 Å². The van der Waals surface area contributed by atoms with Gasteiger partial charge < -0.3 is 16.6 Å². The van der Waals surface area contributed by atoms with Crippen molar-refractivity contribution in [1.82, 2.24) is 0 Å². The molecule has 0 aliphatic rings. The Morgan fingerprint density at radius 3 is 2.00 bits per heavy atom. The number of amides is 1. The molecule has 0 radical (unpaired) electrons. The summed E-state index contributed by atoms with van der Waals surface area (Å²) in [5.74, 6) is -0.789. The second-order valence-corrected chi connectivity index (χ2v) is 2.63. The number of aliphatic hydroxyl groups is 1. The summed E-state index contributed by atoms with van der Waals surface area (Å²) in [7, 11) is 0. The van der Waals surface area contributed by atoms with Crippen LogP contribution in [0.15, 0.2) is 0 Å². The van der Waals surface area contributed by atoms with Crippen LogP contribution in [0.5, 0.6) is 0 Å². The standard InChI is InChI=1S/C5H12N2O2/c1-5(2,7)3(8)4(6)9/h3,8H,7H2,1-2H3,(H2,6,9). The van der Waals surface area contributed by atoms with Crippen LogP contribution in [0.4, 0.5) is 0 Å². The molecule has 54 valence electrons. The zero-order valence-electron chi connectivity index (χ0n) is 5.59. The largest absolute Gasteiger partial charge is 0.381 e. The second kappa shape index (κ2) is 2.33. The molecule has 0 bridgehead atoms. The Kier molecular flexibility index (Phi) is 2.17. The number of carbonyl (C=O) groups excluding carboxylic acids is 1. The van der Waals surface area contributed by atoms with Gasteiger partial charge in [0.05, 0.1) is 0 Å². The predicted octanol–water partition coefficient (Wildman–Crippen LogP) is -1.43. The van der Waals surface area contributed by atoms with Crippen LogP contribution >= 0.6 is 0 Å². The Hall–Kier alpha value is -0.610. The molecule has 5 N–H and O–H groups in total. The number of aliphatic hydroxyl groups excluding tert-OH is 1. The van der Waals surface area contributed by atoms with Gasteiger partial charge in [-0.3, -0.25) is 4.79 Å². The van der Waals surface area contributed by atoms with Crippen LogP contribution in [0.3, 0.4) is 0 Å². The molecule has 0 aromatic carbocycles. The highest BCUT2D eigenvalue weighted by molar-refractivity contribution is 5.79. The van der Waals surface area contributed by atoms with Crippen LogP contribution < -0.4 is 11.5 Å². The highest BCUT2D eigenvalue weighted by atomic mass is 16.3. The van der Waals surface area contributed by atoms with E-state index in [4.69, 9.17) is 16.6 Å². The van der Waals surface area contributed by atoms with Crippen molar-refractivity contribution in [3.05, 3.63) is 0 Å². The lowest BCUT2D eigenvalue weighted by molar-refractivity contribution is -0.128. The molecule has 4 heteroatoms. The summed E-state index contributed by atoms with van der Waals surface area (Å²) in [5.41, 5.74) is 9.14. The first-order valence-corrected chi connectivity index (χ1v) is 2.62. The number of rotatable bonds is 2. The van der Waals surface area contributed by atoms with Crippen LogP contribution in [0, 0.1) is 0 Å². The quantitative estimate of drug-likeness (QED) is 0.430. The molecule has 1 unspecified atom stereocenters. The molecular formula is C5H12N2O2. The maximum absolute atomic E-state index is 10.2. The molecule has 4 nitrogen and oxygen atoms in total. The summed E-state index contributed by atoms with van der Waals surface area (Å²) in [5, 5.41) is 8.86. The normalized spacial score (nSPS) is 15.1. The van der Waals surface area contributed by atoms with Gasteiger partial charge in [0.2, 0.25) is 5.91 Å². The lowest BCUT2D eigenvalue weighted by atomic mass is 9.99. The fraction of sp³-hybridized carbons (Fsp3) is 0.800. The summed E-state index contributed by atoms with van der Waals surface area (Å²) in [6, 6.07) is 0. The van der Waals surface area contributed by atoms with Gasteiger partial charge in [0.25, 0.3) is 0 Å². The van der Waals surface area contributed by atoms with Crippen molar-refractivity contribution in [3.63, 3.8) is 0 Å². The van der Waals surface area contributed by atoms with Crippen molar-refractivity contribution in [2.24, 2.45) is 11.5 Å². The topological polar surface area (TPSA) is 89.3 Å². The molecule has 0 aliphatic heterocycles. The van der Waals surface area contributed by atoms with E-state index in [1.165, 1.54) is 13.8 Å². The van der Waals surface area contributed by atoms with Crippen LogP contribution in [0.1, 0.15) is 13.8 Å². The molecule has 0 aromatic rings. The molecule has 0 aliphatic carbocycles. The highest BCUT2D eigenvalue weighted by Crippen LogP contribution is 2.02. The van der Waals surface area contributed by atoms with Crippen molar-refractivity contribution in [1.29, 1.82) is 0 Å². The first-order chi connectivity index (χ1) is 3.85. The average molecular weight is 132 g/mol. The minimum absolute atomic E-state index is 0.789. The smallest absolute Gasteiger partial charge is 0.248 e. The Balaban J connectivity index is 4.04. The zero-order valence-corrected chi connectivity index (χ0v) is 5.59. The molecule has 0 saturated heterocycles. The van der Waals surface area contributed by atoms with E-state index in [-0.39, 0.29) is 0 Å². The molecule has 0 fully saturated rings. The molecule has 1 amide bonds. The molecule has 0 saturated carbocycles. The monoisotopic (exact) mass is 132 g/mol. The van der Waals surface area contributed by atoms with E-state index in [1.54, 1.807) is 0 Å². The van der Waals surface area contributed by atoms with Crippen LogP contribution in [0.25, 0.3) is 0 Å². The van der Waals surface area contributed by atoms with Crippen molar-refractivity contribution in [3.8, 4) is 0 Å². The number of hydrogen-bond acceptors (Lipinski definition) is 3. The summed E-state index contributed by atoms with van der Waals surface area (Å²) in [6.07, 6.45) is -1.27. The third-order valence-electron chi connectivity index (χ3n) is 0.974. The SMILES string of the molecule is CC(C)(N)C(O)C(N)=O. The van der Waals surface area contributed by atoms with E-state index in [2.05, 4.69) is 0 Å². The second-order valence-electron chi connectivity index (χ2n) is 2.63. The van der Waals surface area contributed by atoms with Gasteiger partial charge in [0.1, 0.15) is 6.10 Å². The summed E-state index contributed by atoms with van der Waals surface area (Å²) in [4.78, 5) is 10.2. The van der Waals surface area contributed by atoms with E-state index < -0.39 is 17.6 Å². The Morgan fingerprint density at radius 1 is 1.67 bits per heavy atom. The predicted molar refractivity (Wildman–Crippen MR) is 33.5 cm³/mol. The molecular weight excluding hydrogens is 120 g/mol. The first-order valence-electron chi connectivity index (χ1n) is 2.62. The van der Waals surface area contributed by atoms with E-state index >= 15 is 0 Å². The van der Waals surface area contributed by atoms with Gasteiger partial charge in [-0.05, 0) is 13.8 Å². The van der Waals surface area contributed by atoms with E-state index in [0.717, 1.165) is 0 Å². The van der Waals surface area contributed by atoms with Crippen LogP contribution in [-0.2, 0) is 4.79 Å². The average Bonchev–Trinajstić information content (AvgIpc) is 1.62. The van der Waals surface area contributed by atoms with Crippen LogP contribution in [-0.4, -0.2) is 22.7 Å². The van der Waals surface area contributed by atoms with E-state index in [1.807, 2.05) is 0 Å². The number of nitrogens with two attached hydrogens (primary N) is 2. The van der Waals surface area contributed by atoms with Crippen molar-refractivity contribution >= 4 is 5.91 Å². The lowest BCUT2D eigenvalue weighted by Gasteiger charge is -2.22. The minimum Gasteiger partial charge on any atom is -0.381 e. The molecule has 0 aromatic heterocycles. The van der Waals surface area contributed by atoms with Gasteiger partial charge in [0.15, 0.2) is 0 Å². The lowest BCUT2D eigenvalue weighted by Crippen LogP contribution is -2.51. The summed E-state index contributed by atoms with van der Waals surface area (Å²) >= 11 is 0. The number of carbonyl (C=O) groups is 1. The Morgan fingerprint density at radius 2 is 2.00 bits per heavy atom. The van der Waals surface area contributed by atoms with Gasteiger partial charge in [-0.2, -0.15) is 0 Å². The molecule has 9 heavy (non-hydrogen) atoms. The van der Waals surface area contributed by atoms with E-state index in [0.29, 0.717) is 0 Å². The number of hydrogen-bond donors (Lipinski definition) is 3. The number of primary amides is 1. The minimum atomic E-state index is -1.27. The Bertz CT molecular complexity index is 117. The fourth-order valence-corrected chi connectivity index (χ4v) is 0.367. The fourth-order valence-electron chi connectivity index (χ4n) is 0.367. The van der Waals surface area contributed by atoms with E-state index in [9.17, 15) is 4.79 Å². The van der Waals surface area contributed by atoms with Crippen molar-refractivity contribution in [2.75, 3.05) is 0 Å². The van der Waals surface area contributed by atoms with Gasteiger partial charge in [-0.25, -0.2) is 0 Å². The highest BCUT2D eigenvalue weighted by Gasteiger charge is 2.27. The van der Waals surface area contributed by atoms with Crippen LogP contribution in [0.2, 0.25) is 0 Å². The zero-order chi connectivity index (χ0) is 7.65. The third-order valence-corrected chi connectivity index (χ3v) is 0.974. The van der Waals surface area contributed by atoms with Gasteiger partial charge in [-0.1, -0.05) is 0 Å². The summed E-state index contributed by atoms with van der Waals surface area (Å²) < 4.78 is 0. The summed E-state index contributed by atoms with van der Waals surface area (Å²) in [6.45, 7) is 3.06. The molecule has 0 rings (SSSR count). The third kappa shape index (κ3) is 2.43. The maximum Gasteiger partial charge on any atom is 0.248 e. The Labute approximate surface area is 53.8 Å².